The molecule has 3 fully saturated rings. The molecule has 2 N–H and O–H groups in total. The zero-order valence-corrected chi connectivity index (χ0v) is 21.7. The van der Waals surface area contributed by atoms with Crippen molar-refractivity contribution in [3.63, 3.8) is 0 Å². The number of aryl methyl sites for hydroxylation is 1. The Balaban J connectivity index is 1.25. The van der Waals surface area contributed by atoms with Crippen LogP contribution >= 0.6 is 0 Å². The second kappa shape index (κ2) is 9.81. The Kier molecular flexibility index (Phi) is 6.53. The van der Waals surface area contributed by atoms with Gasteiger partial charge in [-0.15, -0.1) is 0 Å². The minimum absolute atomic E-state index is 0.00212. The number of fused-ring (bicyclic) bond motifs is 1. The van der Waals surface area contributed by atoms with Crippen molar-refractivity contribution < 1.29 is 31.8 Å². The average molecular weight is 564 g/mol. The van der Waals surface area contributed by atoms with Crippen LogP contribution in [0.4, 0.5) is 17.6 Å². The van der Waals surface area contributed by atoms with Gasteiger partial charge in [0.05, 0.1) is 30.2 Å². The molecule has 3 aromatic rings. The Morgan fingerprint density at radius 3 is 2.40 bits per heavy atom. The number of carbonyl (C=O) groups is 2. The first kappa shape index (κ1) is 26.6. The van der Waals surface area contributed by atoms with Crippen LogP contribution in [0.15, 0.2) is 23.1 Å². The highest BCUT2D eigenvalue weighted by Gasteiger charge is 2.57. The maximum absolute atomic E-state index is 13.9. The lowest BCUT2D eigenvalue weighted by molar-refractivity contribution is -0.123. The minimum Gasteiger partial charge on any atom is -0.349 e. The molecule has 14 heteroatoms. The second-order valence-corrected chi connectivity index (χ2v) is 11.3. The van der Waals surface area contributed by atoms with E-state index in [1.54, 1.807) is 25.4 Å². The van der Waals surface area contributed by atoms with Gasteiger partial charge in [0.1, 0.15) is 5.69 Å². The number of nitrogens with zero attached hydrogens (tertiary/aromatic N) is 5. The van der Waals surface area contributed by atoms with E-state index < -0.39 is 35.6 Å². The fourth-order valence-corrected chi connectivity index (χ4v) is 5.56. The van der Waals surface area contributed by atoms with Crippen molar-refractivity contribution in [2.75, 3.05) is 0 Å². The molecule has 214 valence electrons. The molecule has 0 saturated heterocycles. The summed E-state index contributed by atoms with van der Waals surface area (Å²) in [5.41, 5.74) is 1.89. The lowest BCUT2D eigenvalue weighted by atomic mass is 9.81. The molecule has 3 aliphatic carbocycles. The van der Waals surface area contributed by atoms with Crippen molar-refractivity contribution in [2.45, 2.75) is 82.2 Å². The Morgan fingerprint density at radius 1 is 1.07 bits per heavy atom. The van der Waals surface area contributed by atoms with Gasteiger partial charge in [0.25, 0.3) is 11.8 Å². The van der Waals surface area contributed by atoms with Crippen molar-refractivity contribution in [1.29, 1.82) is 0 Å². The quantitative estimate of drug-likeness (QED) is 0.371. The van der Waals surface area contributed by atoms with Crippen molar-refractivity contribution in [3.05, 3.63) is 41.1 Å². The summed E-state index contributed by atoms with van der Waals surface area (Å²) in [6.07, 6.45) is 4.35. The molecule has 10 nitrogen and oxygen atoms in total. The van der Waals surface area contributed by atoms with Crippen LogP contribution in [0.25, 0.3) is 5.65 Å². The fraction of sp³-hybridized carbons (Fsp3) is 0.615. The second-order valence-electron chi connectivity index (χ2n) is 11.3. The minimum atomic E-state index is -2.76. The number of imidazole rings is 1. The van der Waals surface area contributed by atoms with Crippen LogP contribution < -0.4 is 10.6 Å². The monoisotopic (exact) mass is 563 g/mol. The van der Waals surface area contributed by atoms with Crippen LogP contribution in [0.5, 0.6) is 0 Å². The van der Waals surface area contributed by atoms with Crippen LogP contribution in [-0.4, -0.2) is 48.6 Å². The predicted octanol–water partition coefficient (Wildman–Crippen LogP) is 4.33. The van der Waals surface area contributed by atoms with Gasteiger partial charge in [-0.1, -0.05) is 5.16 Å². The van der Waals surface area contributed by atoms with E-state index in [0.717, 1.165) is 12.8 Å². The van der Waals surface area contributed by atoms with Gasteiger partial charge in [0.15, 0.2) is 11.3 Å². The van der Waals surface area contributed by atoms with E-state index in [9.17, 15) is 27.2 Å². The van der Waals surface area contributed by atoms with E-state index in [4.69, 9.17) is 0 Å². The molecule has 0 radical (unpaired) electrons. The molecule has 0 spiro atoms. The van der Waals surface area contributed by atoms with Gasteiger partial charge in [-0.2, -0.15) is 5.10 Å². The summed E-state index contributed by atoms with van der Waals surface area (Å²) in [5, 5.41) is 17.5. The van der Waals surface area contributed by atoms with Crippen molar-refractivity contribution in [2.24, 2.45) is 17.8 Å². The van der Waals surface area contributed by atoms with Crippen LogP contribution in [0.2, 0.25) is 0 Å². The number of halogens is 4. The molecule has 2 amide bonds. The number of rotatable bonds is 9. The molecule has 2 unspecified atom stereocenters. The number of amides is 2. The molecular weight excluding hydrogens is 534 g/mol. The predicted molar refractivity (Wildman–Crippen MR) is 130 cm³/mol. The van der Waals surface area contributed by atoms with Gasteiger partial charge in [0.2, 0.25) is 11.8 Å². The van der Waals surface area contributed by atoms with Gasteiger partial charge >= 0.3 is 0 Å². The molecule has 3 aliphatic rings. The molecule has 0 aromatic carbocycles. The number of carbonyl (C=O) groups excluding carboxylic acids is 2. The summed E-state index contributed by atoms with van der Waals surface area (Å²) in [4.78, 5) is 30.2. The molecule has 3 aromatic heterocycles. The van der Waals surface area contributed by atoms with Crippen LogP contribution in [0.3, 0.4) is 0 Å². The zero-order chi connectivity index (χ0) is 28.2. The van der Waals surface area contributed by atoms with E-state index in [0.29, 0.717) is 22.6 Å². The van der Waals surface area contributed by atoms with E-state index in [2.05, 4.69) is 35.7 Å². The maximum atomic E-state index is 13.9. The SMILES string of the molecule is Cc1nonc1C(=O)N[C@H](c1cn2ncc(C(NC(=O)CC3CC3(F)F)C3CC3)cc2n1)C1CCC(F)(F)CC1. The molecule has 40 heavy (non-hydrogen) atoms. The lowest BCUT2D eigenvalue weighted by Gasteiger charge is -2.33. The summed E-state index contributed by atoms with van der Waals surface area (Å²) in [6.45, 7) is 1.57. The van der Waals surface area contributed by atoms with Crippen LogP contribution in [0, 0.1) is 24.7 Å². The normalized spacial score (nSPS) is 23.5. The molecule has 3 atom stereocenters. The van der Waals surface area contributed by atoms with Gasteiger partial charge in [0, 0.05) is 31.6 Å². The number of alkyl halides is 4. The van der Waals surface area contributed by atoms with Gasteiger partial charge in [-0.3, -0.25) is 9.59 Å². The Labute approximate surface area is 226 Å². The van der Waals surface area contributed by atoms with E-state index in [1.165, 1.54) is 4.52 Å². The number of hydrogen-bond acceptors (Lipinski definition) is 7. The Morgan fingerprint density at radius 2 is 1.77 bits per heavy atom. The average Bonchev–Trinajstić information content (AvgIpc) is 3.72. The number of aromatic nitrogens is 5. The number of nitrogens with one attached hydrogen (secondary N) is 2. The molecule has 6 rings (SSSR count). The Hall–Kier alpha value is -3.58. The van der Waals surface area contributed by atoms with Crippen molar-refractivity contribution >= 4 is 17.5 Å². The molecule has 3 saturated carbocycles. The molecular formula is C26H29F4N7O3. The smallest absolute Gasteiger partial charge is 0.276 e. The van der Waals surface area contributed by atoms with E-state index in [-0.39, 0.29) is 62.1 Å². The Bertz CT molecular complexity index is 1430. The van der Waals surface area contributed by atoms with Gasteiger partial charge in [-0.25, -0.2) is 31.7 Å². The summed E-state index contributed by atoms with van der Waals surface area (Å²) in [5.74, 6) is -7.51. The van der Waals surface area contributed by atoms with E-state index in [1.807, 2.05) is 0 Å². The molecule has 0 aliphatic heterocycles. The van der Waals surface area contributed by atoms with Crippen molar-refractivity contribution in [3.8, 4) is 0 Å². The van der Waals surface area contributed by atoms with Gasteiger partial charge < -0.3 is 10.6 Å². The highest BCUT2D eigenvalue weighted by molar-refractivity contribution is 5.93. The number of hydrogen-bond donors (Lipinski definition) is 2. The van der Waals surface area contributed by atoms with Crippen LogP contribution in [0.1, 0.15) is 90.9 Å². The first-order chi connectivity index (χ1) is 19.0. The highest BCUT2D eigenvalue weighted by Crippen LogP contribution is 2.51. The first-order valence-electron chi connectivity index (χ1n) is 13.5. The lowest BCUT2D eigenvalue weighted by Crippen LogP contribution is -2.37. The zero-order valence-electron chi connectivity index (χ0n) is 21.7. The molecule has 0 bridgehead atoms. The summed E-state index contributed by atoms with van der Waals surface area (Å²) in [6, 6.07) is 0.700. The fourth-order valence-electron chi connectivity index (χ4n) is 5.56. The topological polar surface area (TPSA) is 127 Å². The molecule has 3 heterocycles. The van der Waals surface area contributed by atoms with Crippen LogP contribution in [-0.2, 0) is 4.79 Å². The third-order valence-corrected chi connectivity index (χ3v) is 8.22. The van der Waals surface area contributed by atoms with E-state index >= 15 is 0 Å². The summed E-state index contributed by atoms with van der Waals surface area (Å²) in [7, 11) is 0. The summed E-state index contributed by atoms with van der Waals surface area (Å²) >= 11 is 0. The van der Waals surface area contributed by atoms with Crippen molar-refractivity contribution in [1.82, 2.24) is 35.5 Å². The third kappa shape index (κ3) is 5.52. The summed E-state index contributed by atoms with van der Waals surface area (Å²) < 4.78 is 60.6. The first-order valence-corrected chi connectivity index (χ1v) is 13.5. The standard InChI is InChI=1S/C26H29F4N7O3/c1-13-21(36-40-35-13)24(39)34-23(15-4-6-25(27,28)7-5-15)18-12-37-19(32-18)8-16(11-31-37)22(14-2-3-14)33-20(38)9-17-10-26(17,29)30/h8,11-12,14-15,17,22-23H,2-7,9-10H2,1H3,(H,33,38)(H,34,39)/t17?,22?,23-/m0/s1. The third-order valence-electron chi connectivity index (χ3n) is 8.22. The highest BCUT2D eigenvalue weighted by atomic mass is 19.3. The van der Waals surface area contributed by atoms with Gasteiger partial charge in [-0.05, 0) is 61.2 Å². The largest absolute Gasteiger partial charge is 0.349 e. The maximum Gasteiger partial charge on any atom is 0.276 e.